The number of fused-ring (bicyclic) bond motifs is 1. The minimum Gasteiger partial charge on any atom is -0.325 e. The van der Waals surface area contributed by atoms with Gasteiger partial charge in [0.15, 0.2) is 0 Å². The third-order valence-corrected chi connectivity index (χ3v) is 2.87. The zero-order valence-electron chi connectivity index (χ0n) is 6.12. The molecule has 2 rings (SSSR count). The summed E-state index contributed by atoms with van der Waals surface area (Å²) in [5.41, 5.74) is 6.38. The Hall–Kier alpha value is -0.520. The molecule has 5 heteroatoms. The molecule has 2 aromatic rings. The summed E-state index contributed by atoms with van der Waals surface area (Å²) in [5.74, 6) is 0. The highest BCUT2D eigenvalue weighted by Gasteiger charge is 2.02. The predicted octanol–water partition coefficient (Wildman–Crippen LogP) is 1.91. The molecule has 2 heterocycles. The van der Waals surface area contributed by atoms with Gasteiger partial charge in [-0.3, -0.25) is 0 Å². The van der Waals surface area contributed by atoms with Crippen LogP contribution in [0.25, 0.3) is 10.3 Å². The molecule has 0 radical (unpaired) electrons. The van der Waals surface area contributed by atoms with Crippen molar-refractivity contribution in [2.24, 2.45) is 5.73 Å². The molecule has 3 nitrogen and oxygen atoms in total. The first-order chi connectivity index (χ1) is 5.79. The number of thiazole rings is 1. The average Bonchev–Trinajstić information content (AvgIpc) is 2.46. The first kappa shape index (κ1) is 8.10. The number of rotatable bonds is 1. The number of aromatic nitrogens is 2. The maximum atomic E-state index is 5.46. The molecule has 0 aliphatic carbocycles. The van der Waals surface area contributed by atoms with Gasteiger partial charge in [-0.05, 0) is 28.1 Å². The Bertz CT molecular complexity index is 412. The second kappa shape index (κ2) is 3.08. The van der Waals surface area contributed by atoms with Crippen LogP contribution in [-0.2, 0) is 6.54 Å². The lowest BCUT2D eigenvalue weighted by atomic mass is 10.5. The van der Waals surface area contributed by atoms with E-state index in [-0.39, 0.29) is 0 Å². The second-order valence-electron chi connectivity index (χ2n) is 2.27. The number of pyridine rings is 1. The lowest BCUT2D eigenvalue weighted by Gasteiger charge is -1.86. The second-order valence-corrected chi connectivity index (χ2v) is 4.14. The largest absolute Gasteiger partial charge is 0.325 e. The zero-order chi connectivity index (χ0) is 8.55. The van der Waals surface area contributed by atoms with Gasteiger partial charge in [-0.15, -0.1) is 0 Å². The van der Waals surface area contributed by atoms with E-state index >= 15 is 0 Å². The highest BCUT2D eigenvalue weighted by molar-refractivity contribution is 9.10. The van der Waals surface area contributed by atoms with Gasteiger partial charge in [0.25, 0.3) is 0 Å². The molecule has 0 unspecified atom stereocenters. The maximum absolute atomic E-state index is 5.46. The predicted molar refractivity (Wildman–Crippen MR) is 53.0 cm³/mol. The Labute approximate surface area is 81.8 Å². The van der Waals surface area contributed by atoms with E-state index in [0.717, 1.165) is 20.0 Å². The van der Waals surface area contributed by atoms with Gasteiger partial charge in [-0.2, -0.15) is 0 Å². The molecule has 0 atom stereocenters. The summed E-state index contributed by atoms with van der Waals surface area (Å²) in [5, 5.41) is 0.926. The number of nitrogens with zero attached hydrogens (tertiary/aromatic N) is 2. The van der Waals surface area contributed by atoms with Gasteiger partial charge >= 0.3 is 0 Å². The summed E-state index contributed by atoms with van der Waals surface area (Å²) >= 11 is 4.83. The summed E-state index contributed by atoms with van der Waals surface area (Å²) in [6, 6.07) is 3.81. The van der Waals surface area contributed by atoms with Crippen molar-refractivity contribution in [1.29, 1.82) is 0 Å². The monoisotopic (exact) mass is 243 g/mol. The quantitative estimate of drug-likeness (QED) is 0.779. The maximum Gasteiger partial charge on any atom is 0.144 e. The molecule has 0 saturated heterocycles. The van der Waals surface area contributed by atoms with E-state index in [1.54, 1.807) is 0 Å². The van der Waals surface area contributed by atoms with Crippen LogP contribution in [0.5, 0.6) is 0 Å². The van der Waals surface area contributed by atoms with Gasteiger partial charge in [0.05, 0.1) is 0 Å². The minimum absolute atomic E-state index is 0.485. The van der Waals surface area contributed by atoms with Crippen LogP contribution in [0.15, 0.2) is 16.7 Å². The van der Waals surface area contributed by atoms with Gasteiger partial charge in [-0.1, -0.05) is 11.3 Å². The van der Waals surface area contributed by atoms with Crippen molar-refractivity contribution in [2.75, 3.05) is 0 Å². The van der Waals surface area contributed by atoms with Crippen LogP contribution in [0.3, 0.4) is 0 Å². The van der Waals surface area contributed by atoms with Crippen molar-refractivity contribution in [1.82, 2.24) is 9.97 Å². The molecule has 0 spiro atoms. The van der Waals surface area contributed by atoms with Crippen molar-refractivity contribution in [3.05, 3.63) is 21.7 Å². The fourth-order valence-corrected chi connectivity index (χ4v) is 2.17. The molecule has 12 heavy (non-hydrogen) atoms. The van der Waals surface area contributed by atoms with Crippen molar-refractivity contribution >= 4 is 37.6 Å². The fraction of sp³-hybridized carbons (Fsp3) is 0.143. The van der Waals surface area contributed by atoms with Crippen LogP contribution in [-0.4, -0.2) is 9.97 Å². The smallest absolute Gasteiger partial charge is 0.144 e. The molecule has 0 bridgehead atoms. The van der Waals surface area contributed by atoms with E-state index in [1.807, 2.05) is 12.1 Å². The van der Waals surface area contributed by atoms with Gasteiger partial charge < -0.3 is 5.73 Å². The van der Waals surface area contributed by atoms with Crippen LogP contribution in [0.2, 0.25) is 0 Å². The van der Waals surface area contributed by atoms with E-state index in [4.69, 9.17) is 5.73 Å². The van der Waals surface area contributed by atoms with Gasteiger partial charge in [-0.25, -0.2) is 9.97 Å². The van der Waals surface area contributed by atoms with Crippen LogP contribution in [0.4, 0.5) is 0 Å². The average molecular weight is 244 g/mol. The third-order valence-electron chi connectivity index (χ3n) is 1.44. The minimum atomic E-state index is 0.485. The summed E-state index contributed by atoms with van der Waals surface area (Å²) in [4.78, 5) is 9.48. The van der Waals surface area contributed by atoms with Crippen molar-refractivity contribution in [3.63, 3.8) is 0 Å². The molecule has 0 aliphatic rings. The molecule has 0 aliphatic heterocycles. The van der Waals surface area contributed by atoms with E-state index in [0.29, 0.717) is 6.54 Å². The molecule has 62 valence electrons. The molecule has 0 fully saturated rings. The van der Waals surface area contributed by atoms with Crippen LogP contribution in [0, 0.1) is 0 Å². The number of nitrogens with two attached hydrogens (primary N) is 1. The van der Waals surface area contributed by atoms with Crippen LogP contribution in [0.1, 0.15) is 5.01 Å². The van der Waals surface area contributed by atoms with Crippen molar-refractivity contribution in [3.8, 4) is 0 Å². The first-order valence-electron chi connectivity index (χ1n) is 3.41. The Balaban J connectivity index is 2.67. The van der Waals surface area contributed by atoms with Crippen LogP contribution < -0.4 is 5.73 Å². The summed E-state index contributed by atoms with van der Waals surface area (Å²) < 4.78 is 0.835. The molecule has 0 saturated carbocycles. The number of hydrogen-bond donors (Lipinski definition) is 1. The molecule has 2 N–H and O–H groups in total. The van der Waals surface area contributed by atoms with E-state index in [1.165, 1.54) is 11.3 Å². The summed E-state index contributed by atoms with van der Waals surface area (Å²) in [6.07, 6.45) is 0. The molecule has 0 aromatic carbocycles. The molecular weight excluding hydrogens is 238 g/mol. The normalized spacial score (nSPS) is 10.8. The summed E-state index contributed by atoms with van der Waals surface area (Å²) in [6.45, 7) is 0.485. The summed E-state index contributed by atoms with van der Waals surface area (Å²) in [7, 11) is 0. The van der Waals surface area contributed by atoms with Crippen molar-refractivity contribution in [2.45, 2.75) is 6.54 Å². The molecule has 0 amide bonds. The fourth-order valence-electron chi connectivity index (χ4n) is 0.927. The SMILES string of the molecule is NCc1nc2ccc(Br)nc2s1. The first-order valence-corrected chi connectivity index (χ1v) is 5.02. The lowest BCUT2D eigenvalue weighted by Crippen LogP contribution is -1.93. The molecular formula is C7H6BrN3S. The molecule has 2 aromatic heterocycles. The Morgan fingerprint density at radius 1 is 1.42 bits per heavy atom. The van der Waals surface area contributed by atoms with Crippen molar-refractivity contribution < 1.29 is 0 Å². The van der Waals surface area contributed by atoms with Gasteiger partial charge in [0.2, 0.25) is 0 Å². The highest BCUT2D eigenvalue weighted by Crippen LogP contribution is 2.21. The zero-order valence-corrected chi connectivity index (χ0v) is 8.52. The Morgan fingerprint density at radius 2 is 2.25 bits per heavy atom. The van der Waals surface area contributed by atoms with Gasteiger partial charge in [0.1, 0.15) is 20.0 Å². The Morgan fingerprint density at radius 3 is 3.00 bits per heavy atom. The van der Waals surface area contributed by atoms with E-state index < -0.39 is 0 Å². The highest BCUT2D eigenvalue weighted by atomic mass is 79.9. The van der Waals surface area contributed by atoms with E-state index in [2.05, 4.69) is 25.9 Å². The topological polar surface area (TPSA) is 51.8 Å². The standard InChI is InChI=1S/C7H6BrN3S/c8-5-2-1-4-7(11-5)12-6(3-9)10-4/h1-2H,3,9H2. The Kier molecular flexibility index (Phi) is 2.08. The third kappa shape index (κ3) is 1.35. The number of halogens is 1. The van der Waals surface area contributed by atoms with Gasteiger partial charge in [0, 0.05) is 6.54 Å². The van der Waals surface area contributed by atoms with E-state index in [9.17, 15) is 0 Å². The van der Waals surface area contributed by atoms with Crippen LogP contribution >= 0.6 is 27.3 Å². The number of hydrogen-bond acceptors (Lipinski definition) is 4. The lowest BCUT2D eigenvalue weighted by molar-refractivity contribution is 1.05.